The number of ether oxygens (including phenoxy) is 2. The van der Waals surface area contributed by atoms with Crippen molar-refractivity contribution in [1.29, 1.82) is 0 Å². The van der Waals surface area contributed by atoms with Gasteiger partial charge in [-0.25, -0.2) is 0 Å². The second-order valence-corrected chi connectivity index (χ2v) is 6.49. The summed E-state index contributed by atoms with van der Waals surface area (Å²) in [5.74, 6) is -0.191. The number of hydrogen-bond donors (Lipinski definition) is 3. The monoisotopic (exact) mass is 400 g/mol. The lowest BCUT2D eigenvalue weighted by Gasteiger charge is -2.13. The maximum atomic E-state index is 12.3. The summed E-state index contributed by atoms with van der Waals surface area (Å²) in [6.07, 6.45) is 3.59. The van der Waals surface area contributed by atoms with Crippen molar-refractivity contribution in [3.8, 4) is 0 Å². The molecule has 2 amide bonds. The Morgan fingerprint density at radius 3 is 2.24 bits per heavy atom. The zero-order valence-corrected chi connectivity index (χ0v) is 16.9. The van der Waals surface area contributed by atoms with E-state index in [-0.39, 0.29) is 11.8 Å². The van der Waals surface area contributed by atoms with Gasteiger partial charge in [-0.2, -0.15) is 5.10 Å². The fraction of sp³-hybridized carbons (Fsp3) is 0.381. The van der Waals surface area contributed by atoms with E-state index in [4.69, 9.17) is 9.47 Å². The van der Waals surface area contributed by atoms with Gasteiger partial charge in [-0.3, -0.25) is 14.7 Å². The summed E-state index contributed by atoms with van der Waals surface area (Å²) in [7, 11) is 0. The second kappa shape index (κ2) is 11.1. The summed E-state index contributed by atoms with van der Waals surface area (Å²) < 4.78 is 10.9. The molecule has 2 atom stereocenters. The molecule has 0 aliphatic heterocycles. The normalized spacial score (nSPS) is 12.9. The van der Waals surface area contributed by atoms with Crippen molar-refractivity contribution in [3.05, 3.63) is 43.5 Å². The van der Waals surface area contributed by atoms with Gasteiger partial charge in [0.15, 0.2) is 5.82 Å². The molecular weight excluding hydrogens is 372 g/mol. The molecule has 156 valence electrons. The van der Waals surface area contributed by atoms with Gasteiger partial charge in [0, 0.05) is 11.1 Å². The Kier molecular flexibility index (Phi) is 8.57. The largest absolute Gasteiger partial charge is 0.368 e. The van der Waals surface area contributed by atoms with E-state index < -0.39 is 12.2 Å². The highest BCUT2D eigenvalue weighted by Crippen LogP contribution is 2.24. The van der Waals surface area contributed by atoms with E-state index in [1.165, 1.54) is 0 Å². The Bertz CT molecular complexity index is 861. The van der Waals surface area contributed by atoms with Crippen LogP contribution in [0.4, 0.5) is 11.5 Å². The lowest BCUT2D eigenvalue weighted by atomic mass is 10.2. The summed E-state index contributed by atoms with van der Waals surface area (Å²) in [6.45, 7) is 11.5. The van der Waals surface area contributed by atoms with Gasteiger partial charge >= 0.3 is 0 Å². The summed E-state index contributed by atoms with van der Waals surface area (Å²) in [6, 6.07) is 5.27. The number of nitrogens with one attached hydrogen (secondary N) is 3. The highest BCUT2D eigenvalue weighted by molar-refractivity contribution is 6.03. The number of carbonyl (C=O) groups is 2. The predicted molar refractivity (Wildman–Crippen MR) is 114 cm³/mol. The first-order valence-electron chi connectivity index (χ1n) is 9.51. The molecule has 0 aliphatic carbocycles. The molecule has 1 heterocycles. The van der Waals surface area contributed by atoms with Crippen LogP contribution in [0.3, 0.4) is 0 Å². The molecule has 2 aromatic rings. The average Bonchev–Trinajstić information content (AvgIpc) is 3.10. The molecule has 0 spiro atoms. The van der Waals surface area contributed by atoms with E-state index in [0.29, 0.717) is 42.9 Å². The number of nitrogens with zero attached hydrogens (tertiary/aromatic N) is 1. The Labute approximate surface area is 170 Å². The molecule has 0 fully saturated rings. The standard InChI is InChI=1S/C21H28N4O4/c1-5-7-11-28-14(3)20(26)22-16-9-10-18-17(13-16)19(25-24-18)23-21(27)15(4)29-12-8-6-2/h5-6,9-10,13-15H,1-2,7-8,11-12H2,3-4H3,(H,22,26)(H2,23,24,25,27)/t14-,15+/m0/s1. The van der Waals surface area contributed by atoms with Crippen LogP contribution in [0.15, 0.2) is 43.5 Å². The molecule has 0 aliphatic rings. The van der Waals surface area contributed by atoms with Gasteiger partial charge in [0.25, 0.3) is 11.8 Å². The third kappa shape index (κ3) is 6.55. The number of hydrogen-bond acceptors (Lipinski definition) is 5. The van der Waals surface area contributed by atoms with Crippen LogP contribution < -0.4 is 10.6 Å². The topological polar surface area (TPSA) is 105 Å². The van der Waals surface area contributed by atoms with Gasteiger partial charge in [-0.05, 0) is 44.9 Å². The number of rotatable bonds is 12. The molecule has 0 saturated heterocycles. The molecule has 1 aromatic carbocycles. The summed E-state index contributed by atoms with van der Waals surface area (Å²) in [5, 5.41) is 13.2. The van der Waals surface area contributed by atoms with Crippen LogP contribution in [0.2, 0.25) is 0 Å². The quantitative estimate of drug-likeness (QED) is 0.374. The molecule has 1 aromatic heterocycles. The Balaban J connectivity index is 2.03. The van der Waals surface area contributed by atoms with Crippen LogP contribution in [-0.2, 0) is 19.1 Å². The maximum absolute atomic E-state index is 12.3. The zero-order valence-electron chi connectivity index (χ0n) is 16.9. The van der Waals surface area contributed by atoms with E-state index in [1.807, 2.05) is 0 Å². The van der Waals surface area contributed by atoms with E-state index in [2.05, 4.69) is 34.0 Å². The first-order chi connectivity index (χ1) is 14.0. The summed E-state index contributed by atoms with van der Waals surface area (Å²) in [4.78, 5) is 24.6. The second-order valence-electron chi connectivity index (χ2n) is 6.49. The van der Waals surface area contributed by atoms with E-state index in [1.54, 1.807) is 44.2 Å². The fourth-order valence-electron chi connectivity index (χ4n) is 2.46. The van der Waals surface area contributed by atoms with E-state index in [0.717, 1.165) is 5.52 Å². The number of H-pyrrole nitrogens is 1. The first kappa shape index (κ1) is 22.3. The van der Waals surface area contributed by atoms with E-state index >= 15 is 0 Å². The smallest absolute Gasteiger partial charge is 0.254 e. The maximum Gasteiger partial charge on any atom is 0.254 e. The van der Waals surface area contributed by atoms with Crippen LogP contribution >= 0.6 is 0 Å². The molecule has 0 radical (unpaired) electrons. The Hall–Kier alpha value is -2.97. The third-order valence-electron chi connectivity index (χ3n) is 4.19. The number of benzene rings is 1. The van der Waals surface area contributed by atoms with Gasteiger partial charge in [0.2, 0.25) is 0 Å². The lowest BCUT2D eigenvalue weighted by molar-refractivity contribution is -0.126. The molecule has 0 unspecified atom stereocenters. The number of fused-ring (bicyclic) bond motifs is 1. The van der Waals surface area contributed by atoms with Crippen LogP contribution in [0.5, 0.6) is 0 Å². The zero-order chi connectivity index (χ0) is 21.2. The number of anilines is 2. The highest BCUT2D eigenvalue weighted by Gasteiger charge is 2.17. The minimum atomic E-state index is -0.627. The van der Waals surface area contributed by atoms with Crippen molar-refractivity contribution in [2.24, 2.45) is 0 Å². The average molecular weight is 400 g/mol. The predicted octanol–water partition coefficient (Wildman–Crippen LogP) is 3.40. The fourth-order valence-corrected chi connectivity index (χ4v) is 2.46. The number of carbonyl (C=O) groups excluding carboxylic acids is 2. The Morgan fingerprint density at radius 1 is 1.07 bits per heavy atom. The van der Waals surface area contributed by atoms with Gasteiger partial charge in [-0.15, -0.1) is 13.2 Å². The number of amides is 2. The summed E-state index contributed by atoms with van der Waals surface area (Å²) >= 11 is 0. The highest BCUT2D eigenvalue weighted by atomic mass is 16.5. The van der Waals surface area contributed by atoms with Crippen molar-refractivity contribution >= 4 is 34.2 Å². The first-order valence-corrected chi connectivity index (χ1v) is 9.51. The van der Waals surface area contributed by atoms with Crippen LogP contribution in [-0.4, -0.2) is 47.4 Å². The van der Waals surface area contributed by atoms with Gasteiger partial charge in [-0.1, -0.05) is 12.2 Å². The van der Waals surface area contributed by atoms with Gasteiger partial charge < -0.3 is 20.1 Å². The van der Waals surface area contributed by atoms with Gasteiger partial charge in [0.1, 0.15) is 12.2 Å². The van der Waals surface area contributed by atoms with Crippen LogP contribution in [0.1, 0.15) is 26.7 Å². The molecular formula is C21H28N4O4. The molecule has 8 nitrogen and oxygen atoms in total. The molecule has 3 N–H and O–H groups in total. The SMILES string of the molecule is C=CCCO[C@@H](C)C(=O)Nc1ccc2[nH]nc(NC(=O)[C@@H](C)OCCC=C)c2c1. The van der Waals surface area contributed by atoms with Crippen LogP contribution in [0.25, 0.3) is 10.9 Å². The molecule has 2 rings (SSSR count). The van der Waals surface area contributed by atoms with Crippen molar-refractivity contribution in [2.75, 3.05) is 23.8 Å². The van der Waals surface area contributed by atoms with Crippen molar-refractivity contribution < 1.29 is 19.1 Å². The number of aromatic nitrogens is 2. The van der Waals surface area contributed by atoms with E-state index in [9.17, 15) is 9.59 Å². The van der Waals surface area contributed by atoms with Gasteiger partial charge in [0.05, 0.1) is 18.7 Å². The number of aromatic amines is 1. The molecule has 0 saturated carbocycles. The van der Waals surface area contributed by atoms with Crippen LogP contribution in [0, 0.1) is 0 Å². The van der Waals surface area contributed by atoms with Crippen molar-refractivity contribution in [2.45, 2.75) is 38.9 Å². The lowest BCUT2D eigenvalue weighted by Crippen LogP contribution is -2.28. The minimum absolute atomic E-state index is 0.258. The molecule has 0 bridgehead atoms. The minimum Gasteiger partial charge on any atom is -0.368 e. The summed E-state index contributed by atoms with van der Waals surface area (Å²) in [5.41, 5.74) is 1.31. The molecule has 8 heteroatoms. The third-order valence-corrected chi connectivity index (χ3v) is 4.19. The Morgan fingerprint density at radius 2 is 1.66 bits per heavy atom. The molecule has 29 heavy (non-hydrogen) atoms. The van der Waals surface area contributed by atoms with Crippen molar-refractivity contribution in [3.63, 3.8) is 0 Å². The van der Waals surface area contributed by atoms with Crippen molar-refractivity contribution in [1.82, 2.24) is 10.2 Å².